The second kappa shape index (κ2) is 7.21. The van der Waals surface area contributed by atoms with Gasteiger partial charge in [-0.1, -0.05) is 11.8 Å². The molecule has 0 unspecified atom stereocenters. The van der Waals surface area contributed by atoms with Gasteiger partial charge in [0.25, 0.3) is 5.24 Å². The molecule has 1 aromatic carbocycles. The van der Waals surface area contributed by atoms with E-state index in [-0.39, 0.29) is 41.2 Å². The van der Waals surface area contributed by atoms with Crippen LogP contribution < -0.4 is 5.32 Å². The number of hydrogen-bond donors (Lipinski definition) is 1. The normalized spacial score (nSPS) is 21.3. The number of rotatable bonds is 4. The molecule has 0 spiro atoms. The lowest BCUT2D eigenvalue weighted by molar-refractivity contribution is -0.137. The Morgan fingerprint density at radius 3 is 2.71 bits per heavy atom. The third kappa shape index (κ3) is 3.87. The molecule has 0 saturated carbocycles. The lowest BCUT2D eigenvalue weighted by Gasteiger charge is -2.34. The molecule has 3 rings (SSSR count). The fourth-order valence-electron chi connectivity index (χ4n) is 2.87. The standard InChI is InChI=1S/C16H18FN3O3S/c17-11-3-5-12(6-4-11)18-13-2-1-7-19(8-13)14(21)9-20-15(22)10-24-16(20)23/h3-6,13,18H,1-2,7-10H2/t13-/m0/s1. The Morgan fingerprint density at radius 2 is 2.04 bits per heavy atom. The van der Waals surface area contributed by atoms with Gasteiger partial charge in [0, 0.05) is 24.8 Å². The molecule has 2 aliphatic heterocycles. The number of imide groups is 1. The minimum atomic E-state index is -0.355. The predicted molar refractivity (Wildman–Crippen MR) is 89.2 cm³/mol. The number of carbonyl (C=O) groups is 3. The molecule has 0 radical (unpaired) electrons. The molecule has 2 aliphatic rings. The molecule has 0 aromatic heterocycles. The van der Waals surface area contributed by atoms with Crippen LogP contribution in [-0.2, 0) is 9.59 Å². The maximum absolute atomic E-state index is 12.9. The van der Waals surface area contributed by atoms with Gasteiger partial charge in [-0.15, -0.1) is 0 Å². The van der Waals surface area contributed by atoms with Crippen molar-refractivity contribution >= 4 is 34.5 Å². The molecule has 6 nitrogen and oxygen atoms in total. The SMILES string of the molecule is O=C(CN1C(=O)CSC1=O)N1CCC[C@H](Nc2ccc(F)cc2)C1. The summed E-state index contributed by atoms with van der Waals surface area (Å²) in [6.45, 7) is 0.928. The van der Waals surface area contributed by atoms with Crippen LogP contribution in [0.4, 0.5) is 14.9 Å². The molecule has 8 heteroatoms. The molecule has 1 atom stereocenters. The number of likely N-dealkylation sites (tertiary alicyclic amines) is 1. The van der Waals surface area contributed by atoms with Crippen LogP contribution in [0.2, 0.25) is 0 Å². The number of amides is 3. The lowest BCUT2D eigenvalue weighted by Crippen LogP contribution is -2.49. The van der Waals surface area contributed by atoms with E-state index in [0.717, 1.165) is 35.2 Å². The second-order valence-corrected chi connectivity index (χ2v) is 6.79. The Labute approximate surface area is 143 Å². The summed E-state index contributed by atoms with van der Waals surface area (Å²) in [5.74, 6) is -0.708. The molecule has 1 N–H and O–H groups in total. The highest BCUT2D eigenvalue weighted by Gasteiger charge is 2.33. The van der Waals surface area contributed by atoms with E-state index in [9.17, 15) is 18.8 Å². The summed E-state index contributed by atoms with van der Waals surface area (Å²) in [5.41, 5.74) is 0.803. The fourth-order valence-corrected chi connectivity index (χ4v) is 3.60. The summed E-state index contributed by atoms with van der Waals surface area (Å²) in [5, 5.41) is 2.94. The average molecular weight is 351 g/mol. The zero-order valence-corrected chi connectivity index (χ0v) is 13.9. The number of anilines is 1. The Morgan fingerprint density at radius 1 is 1.29 bits per heavy atom. The zero-order valence-electron chi connectivity index (χ0n) is 13.0. The number of nitrogens with one attached hydrogen (secondary N) is 1. The quantitative estimate of drug-likeness (QED) is 0.898. The summed E-state index contributed by atoms with van der Waals surface area (Å²) >= 11 is 0.929. The van der Waals surface area contributed by atoms with Crippen LogP contribution in [0.3, 0.4) is 0 Å². The van der Waals surface area contributed by atoms with Crippen molar-refractivity contribution < 1.29 is 18.8 Å². The maximum Gasteiger partial charge on any atom is 0.289 e. The molecular weight excluding hydrogens is 333 g/mol. The molecule has 2 heterocycles. The minimum Gasteiger partial charge on any atom is -0.381 e. The van der Waals surface area contributed by atoms with E-state index in [0.29, 0.717) is 13.1 Å². The Balaban J connectivity index is 1.56. The van der Waals surface area contributed by atoms with E-state index in [2.05, 4.69) is 5.32 Å². The van der Waals surface area contributed by atoms with Crippen molar-refractivity contribution in [2.75, 3.05) is 30.7 Å². The van der Waals surface area contributed by atoms with Gasteiger partial charge in [0.15, 0.2) is 0 Å². The highest BCUT2D eigenvalue weighted by atomic mass is 32.2. The molecule has 3 amide bonds. The van der Waals surface area contributed by atoms with Gasteiger partial charge in [-0.3, -0.25) is 19.3 Å². The molecule has 0 aliphatic carbocycles. The smallest absolute Gasteiger partial charge is 0.289 e. The molecule has 24 heavy (non-hydrogen) atoms. The molecule has 0 bridgehead atoms. The number of thioether (sulfide) groups is 1. The summed E-state index contributed by atoms with van der Waals surface area (Å²) in [4.78, 5) is 38.3. The van der Waals surface area contributed by atoms with Crippen molar-refractivity contribution in [1.82, 2.24) is 9.80 Å². The van der Waals surface area contributed by atoms with Gasteiger partial charge in [-0.05, 0) is 37.1 Å². The van der Waals surface area contributed by atoms with Gasteiger partial charge in [0.05, 0.1) is 5.75 Å². The predicted octanol–water partition coefficient (Wildman–Crippen LogP) is 1.92. The van der Waals surface area contributed by atoms with Crippen LogP contribution in [0.1, 0.15) is 12.8 Å². The van der Waals surface area contributed by atoms with Crippen molar-refractivity contribution in [2.24, 2.45) is 0 Å². The third-order valence-corrected chi connectivity index (χ3v) is 4.98. The first-order valence-corrected chi connectivity index (χ1v) is 8.78. The highest BCUT2D eigenvalue weighted by Crippen LogP contribution is 2.20. The number of piperidine rings is 1. The average Bonchev–Trinajstić information content (AvgIpc) is 2.89. The Bertz CT molecular complexity index is 636. The van der Waals surface area contributed by atoms with Gasteiger partial charge in [-0.25, -0.2) is 4.39 Å². The number of benzene rings is 1. The van der Waals surface area contributed by atoms with E-state index in [4.69, 9.17) is 0 Å². The van der Waals surface area contributed by atoms with Crippen molar-refractivity contribution in [3.63, 3.8) is 0 Å². The molecule has 2 saturated heterocycles. The Hall–Kier alpha value is -2.09. The van der Waals surface area contributed by atoms with E-state index >= 15 is 0 Å². The molecule has 2 fully saturated rings. The van der Waals surface area contributed by atoms with Crippen molar-refractivity contribution in [2.45, 2.75) is 18.9 Å². The van der Waals surface area contributed by atoms with Crippen LogP contribution in [0.5, 0.6) is 0 Å². The van der Waals surface area contributed by atoms with Crippen LogP contribution >= 0.6 is 11.8 Å². The molecule has 1 aromatic rings. The first kappa shape index (κ1) is 16.8. The fraction of sp³-hybridized carbons (Fsp3) is 0.438. The summed E-state index contributed by atoms with van der Waals surface area (Å²) in [6, 6.07) is 6.16. The van der Waals surface area contributed by atoms with E-state index < -0.39 is 0 Å². The minimum absolute atomic E-state index is 0.0625. The summed E-state index contributed by atoms with van der Waals surface area (Å²) in [7, 11) is 0. The first-order valence-electron chi connectivity index (χ1n) is 7.80. The summed E-state index contributed by atoms with van der Waals surface area (Å²) < 4.78 is 12.9. The molecule has 128 valence electrons. The largest absolute Gasteiger partial charge is 0.381 e. The highest BCUT2D eigenvalue weighted by molar-refractivity contribution is 8.14. The van der Waals surface area contributed by atoms with Crippen molar-refractivity contribution in [3.8, 4) is 0 Å². The van der Waals surface area contributed by atoms with Crippen molar-refractivity contribution in [3.05, 3.63) is 30.1 Å². The van der Waals surface area contributed by atoms with Crippen LogP contribution in [0.15, 0.2) is 24.3 Å². The number of halogens is 1. The first-order chi connectivity index (χ1) is 11.5. The van der Waals surface area contributed by atoms with E-state index in [1.54, 1.807) is 17.0 Å². The van der Waals surface area contributed by atoms with Gasteiger partial charge in [-0.2, -0.15) is 0 Å². The number of carbonyl (C=O) groups excluding carboxylic acids is 3. The second-order valence-electron chi connectivity index (χ2n) is 5.86. The number of nitrogens with zero attached hydrogens (tertiary/aromatic N) is 2. The van der Waals surface area contributed by atoms with E-state index in [1.807, 2.05) is 0 Å². The topological polar surface area (TPSA) is 69.7 Å². The monoisotopic (exact) mass is 351 g/mol. The summed E-state index contributed by atoms with van der Waals surface area (Å²) in [6.07, 6.45) is 1.74. The zero-order chi connectivity index (χ0) is 17.1. The lowest BCUT2D eigenvalue weighted by atomic mass is 10.1. The van der Waals surface area contributed by atoms with E-state index in [1.165, 1.54) is 12.1 Å². The maximum atomic E-state index is 12.9. The number of hydrogen-bond acceptors (Lipinski definition) is 5. The molecular formula is C16H18FN3O3S. The Kier molecular flexibility index (Phi) is 5.03. The third-order valence-electron chi connectivity index (χ3n) is 4.12. The van der Waals surface area contributed by atoms with Crippen LogP contribution in [-0.4, -0.2) is 58.3 Å². The van der Waals surface area contributed by atoms with Gasteiger partial charge in [0.2, 0.25) is 11.8 Å². The van der Waals surface area contributed by atoms with Crippen molar-refractivity contribution in [1.29, 1.82) is 0 Å². The van der Waals surface area contributed by atoms with Gasteiger partial charge >= 0.3 is 0 Å². The van der Waals surface area contributed by atoms with Crippen LogP contribution in [0, 0.1) is 5.82 Å². The van der Waals surface area contributed by atoms with Gasteiger partial charge in [0.1, 0.15) is 12.4 Å². The van der Waals surface area contributed by atoms with Crippen LogP contribution in [0.25, 0.3) is 0 Å². The van der Waals surface area contributed by atoms with Gasteiger partial charge < -0.3 is 10.2 Å².